The van der Waals surface area contributed by atoms with E-state index in [1.807, 2.05) is 6.92 Å². The molecule has 0 saturated carbocycles. The molecule has 0 atom stereocenters. The van der Waals surface area contributed by atoms with E-state index in [0.717, 1.165) is 0 Å². The monoisotopic (exact) mass is 252 g/mol. The number of halogens is 1. The Morgan fingerprint density at radius 3 is 2.89 bits per heavy atom. The van der Waals surface area contributed by atoms with Crippen molar-refractivity contribution in [2.75, 3.05) is 26.4 Å². The lowest BCUT2D eigenvalue weighted by molar-refractivity contribution is 0.130. The van der Waals surface area contributed by atoms with Crippen LogP contribution in [-0.4, -0.2) is 31.5 Å². The summed E-state index contributed by atoms with van der Waals surface area (Å²) in [6.07, 6.45) is 0.708. The summed E-state index contributed by atoms with van der Waals surface area (Å²) < 4.78 is 23.9. The zero-order valence-electron chi connectivity index (χ0n) is 10.4. The van der Waals surface area contributed by atoms with Gasteiger partial charge in [-0.3, -0.25) is 0 Å². The molecule has 0 spiro atoms. The molecule has 3 nitrogen and oxygen atoms in total. The highest BCUT2D eigenvalue weighted by Gasteiger charge is 2.03. The van der Waals surface area contributed by atoms with Crippen LogP contribution in [0.2, 0.25) is 0 Å². The molecule has 0 bridgehead atoms. The highest BCUT2D eigenvalue weighted by Crippen LogP contribution is 2.18. The van der Waals surface area contributed by atoms with Crippen molar-refractivity contribution >= 4 is 0 Å². The Kier molecular flexibility index (Phi) is 6.85. The van der Waals surface area contributed by atoms with Gasteiger partial charge in [-0.15, -0.1) is 0 Å². The van der Waals surface area contributed by atoms with Crippen LogP contribution in [0.25, 0.3) is 0 Å². The largest absolute Gasteiger partial charge is 0.490 e. The third-order valence-electron chi connectivity index (χ3n) is 2.14. The SMILES string of the molecule is CCOCCCOc1cc(C#CCO)ccc1F. The summed E-state index contributed by atoms with van der Waals surface area (Å²) in [5.41, 5.74) is 0.616. The third-order valence-corrected chi connectivity index (χ3v) is 2.14. The zero-order chi connectivity index (χ0) is 13.2. The van der Waals surface area contributed by atoms with E-state index in [-0.39, 0.29) is 12.4 Å². The molecule has 0 fully saturated rings. The molecule has 1 N–H and O–H groups in total. The van der Waals surface area contributed by atoms with Crippen molar-refractivity contribution in [3.63, 3.8) is 0 Å². The molecule has 0 aliphatic carbocycles. The second-order valence-corrected chi connectivity index (χ2v) is 3.50. The maximum Gasteiger partial charge on any atom is 0.165 e. The topological polar surface area (TPSA) is 38.7 Å². The summed E-state index contributed by atoms with van der Waals surface area (Å²) >= 11 is 0. The van der Waals surface area contributed by atoms with Crippen LogP contribution in [0.15, 0.2) is 18.2 Å². The first kappa shape index (κ1) is 14.5. The number of hydrogen-bond acceptors (Lipinski definition) is 3. The van der Waals surface area contributed by atoms with Crippen LogP contribution < -0.4 is 4.74 Å². The molecule has 0 aliphatic heterocycles. The fraction of sp³-hybridized carbons (Fsp3) is 0.429. The van der Waals surface area contributed by atoms with Crippen molar-refractivity contribution in [3.8, 4) is 17.6 Å². The van der Waals surface area contributed by atoms with E-state index in [0.29, 0.717) is 31.8 Å². The Morgan fingerprint density at radius 2 is 2.17 bits per heavy atom. The van der Waals surface area contributed by atoms with Gasteiger partial charge in [0.15, 0.2) is 11.6 Å². The van der Waals surface area contributed by atoms with Crippen molar-refractivity contribution in [1.29, 1.82) is 0 Å². The van der Waals surface area contributed by atoms with E-state index in [1.165, 1.54) is 12.1 Å². The van der Waals surface area contributed by atoms with Gasteiger partial charge in [0.05, 0.1) is 6.61 Å². The molecule has 1 rings (SSSR count). The molecular formula is C14H17FO3. The average Bonchev–Trinajstić information content (AvgIpc) is 2.39. The molecular weight excluding hydrogens is 235 g/mol. The maximum absolute atomic E-state index is 13.4. The molecule has 1 aromatic carbocycles. The van der Waals surface area contributed by atoms with Gasteiger partial charge in [0.25, 0.3) is 0 Å². The van der Waals surface area contributed by atoms with Gasteiger partial charge in [0.2, 0.25) is 0 Å². The van der Waals surface area contributed by atoms with Crippen LogP contribution >= 0.6 is 0 Å². The maximum atomic E-state index is 13.4. The highest BCUT2D eigenvalue weighted by atomic mass is 19.1. The van der Waals surface area contributed by atoms with E-state index in [9.17, 15) is 4.39 Å². The molecule has 98 valence electrons. The van der Waals surface area contributed by atoms with Gasteiger partial charge in [0.1, 0.15) is 6.61 Å². The predicted octanol–water partition coefficient (Wildman–Crippen LogP) is 1.97. The third kappa shape index (κ3) is 5.17. The van der Waals surface area contributed by atoms with Crippen LogP contribution in [0.5, 0.6) is 5.75 Å². The van der Waals surface area contributed by atoms with Crippen LogP contribution in [-0.2, 0) is 4.74 Å². The minimum Gasteiger partial charge on any atom is -0.490 e. The first-order chi connectivity index (χ1) is 8.77. The van der Waals surface area contributed by atoms with E-state index in [1.54, 1.807) is 6.07 Å². The Balaban J connectivity index is 2.53. The van der Waals surface area contributed by atoms with Crippen LogP contribution in [0.1, 0.15) is 18.9 Å². The van der Waals surface area contributed by atoms with Gasteiger partial charge >= 0.3 is 0 Å². The molecule has 0 heterocycles. The Morgan fingerprint density at radius 1 is 1.33 bits per heavy atom. The lowest BCUT2D eigenvalue weighted by Crippen LogP contribution is -2.04. The second-order valence-electron chi connectivity index (χ2n) is 3.50. The standard InChI is InChI=1S/C14H17FO3/c1-2-17-9-4-10-18-14-11-12(5-3-8-16)6-7-13(14)15/h6-7,11,16H,2,4,8-10H2,1H3. The summed E-state index contributed by atoms with van der Waals surface area (Å²) in [5.74, 6) is 4.97. The summed E-state index contributed by atoms with van der Waals surface area (Å²) in [6, 6.07) is 4.38. The molecule has 0 unspecified atom stereocenters. The van der Waals surface area contributed by atoms with Gasteiger partial charge in [-0.1, -0.05) is 11.8 Å². The van der Waals surface area contributed by atoms with Crippen LogP contribution in [0, 0.1) is 17.7 Å². The van der Waals surface area contributed by atoms with Gasteiger partial charge in [-0.2, -0.15) is 0 Å². The molecule has 0 aromatic heterocycles. The van der Waals surface area contributed by atoms with Crippen LogP contribution in [0.3, 0.4) is 0 Å². The highest BCUT2D eigenvalue weighted by molar-refractivity contribution is 5.40. The number of hydrogen-bond donors (Lipinski definition) is 1. The van der Waals surface area contributed by atoms with E-state index >= 15 is 0 Å². The molecule has 0 amide bonds. The van der Waals surface area contributed by atoms with Crippen molar-refractivity contribution in [2.45, 2.75) is 13.3 Å². The molecule has 1 aromatic rings. The summed E-state index contributed by atoms with van der Waals surface area (Å²) in [4.78, 5) is 0. The molecule has 4 heteroatoms. The summed E-state index contributed by atoms with van der Waals surface area (Å²) in [6.45, 7) is 3.36. The molecule has 18 heavy (non-hydrogen) atoms. The lowest BCUT2D eigenvalue weighted by atomic mass is 10.2. The fourth-order valence-corrected chi connectivity index (χ4v) is 1.32. The first-order valence-electron chi connectivity index (χ1n) is 5.87. The van der Waals surface area contributed by atoms with Crippen LogP contribution in [0.4, 0.5) is 4.39 Å². The van der Waals surface area contributed by atoms with E-state index < -0.39 is 5.82 Å². The van der Waals surface area contributed by atoms with Gasteiger partial charge in [-0.05, 0) is 25.1 Å². The van der Waals surface area contributed by atoms with Gasteiger partial charge < -0.3 is 14.6 Å². The summed E-state index contributed by atoms with van der Waals surface area (Å²) in [5, 5.41) is 8.58. The number of rotatable bonds is 6. The fourth-order valence-electron chi connectivity index (χ4n) is 1.32. The first-order valence-corrected chi connectivity index (χ1v) is 5.87. The Bertz CT molecular complexity index is 421. The number of benzene rings is 1. The van der Waals surface area contributed by atoms with Crippen molar-refractivity contribution in [2.24, 2.45) is 0 Å². The molecule has 0 radical (unpaired) electrons. The quantitative estimate of drug-likeness (QED) is 0.621. The smallest absolute Gasteiger partial charge is 0.165 e. The number of aliphatic hydroxyl groups excluding tert-OH is 1. The lowest BCUT2D eigenvalue weighted by Gasteiger charge is -2.07. The van der Waals surface area contributed by atoms with Gasteiger partial charge in [-0.25, -0.2) is 4.39 Å². The van der Waals surface area contributed by atoms with E-state index in [2.05, 4.69) is 11.8 Å². The van der Waals surface area contributed by atoms with Crippen molar-refractivity contribution in [1.82, 2.24) is 0 Å². The second kappa shape index (κ2) is 8.51. The van der Waals surface area contributed by atoms with Crippen molar-refractivity contribution < 1.29 is 19.0 Å². The number of ether oxygens (including phenoxy) is 2. The van der Waals surface area contributed by atoms with Crippen molar-refractivity contribution in [3.05, 3.63) is 29.6 Å². The molecule has 0 aliphatic rings. The minimum atomic E-state index is -0.416. The minimum absolute atomic E-state index is 0.177. The Labute approximate surface area is 107 Å². The van der Waals surface area contributed by atoms with E-state index in [4.69, 9.17) is 14.6 Å². The summed E-state index contributed by atoms with van der Waals surface area (Å²) in [7, 11) is 0. The Hall–Kier alpha value is -1.57. The molecule has 0 saturated heterocycles. The normalized spacial score (nSPS) is 9.72. The number of aliphatic hydroxyl groups is 1. The predicted molar refractivity (Wildman–Crippen MR) is 67.0 cm³/mol. The zero-order valence-corrected chi connectivity index (χ0v) is 10.4. The average molecular weight is 252 g/mol. The van der Waals surface area contributed by atoms with Gasteiger partial charge in [0, 0.05) is 25.2 Å².